The maximum absolute atomic E-state index is 12.2. The van der Waals surface area contributed by atoms with Crippen molar-refractivity contribution in [2.75, 3.05) is 5.32 Å². The molecule has 0 aliphatic heterocycles. The van der Waals surface area contributed by atoms with Crippen LogP contribution in [0.4, 0.5) is 5.95 Å². The summed E-state index contributed by atoms with van der Waals surface area (Å²) in [6.45, 7) is 0.584. The van der Waals surface area contributed by atoms with E-state index in [2.05, 4.69) is 36.4 Å². The largest absolute Gasteiger partial charge is 0.295 e. The summed E-state index contributed by atoms with van der Waals surface area (Å²) in [5.41, 5.74) is 1.55. The second kappa shape index (κ2) is 6.48. The molecule has 6 nitrogen and oxygen atoms in total. The second-order valence-corrected chi connectivity index (χ2v) is 5.53. The van der Waals surface area contributed by atoms with E-state index in [0.717, 1.165) is 10.0 Å². The van der Waals surface area contributed by atoms with Crippen molar-refractivity contribution >= 4 is 27.8 Å². The molecule has 0 unspecified atom stereocenters. The lowest BCUT2D eigenvalue weighted by Gasteiger charge is -2.08. The number of aromatic nitrogens is 4. The van der Waals surface area contributed by atoms with Crippen LogP contribution in [-0.4, -0.2) is 25.7 Å². The molecule has 3 aromatic rings. The lowest BCUT2D eigenvalue weighted by Crippen LogP contribution is -2.16. The maximum atomic E-state index is 12.2. The van der Waals surface area contributed by atoms with Crippen molar-refractivity contribution in [1.29, 1.82) is 0 Å². The molecule has 0 atom stereocenters. The third-order valence-corrected chi connectivity index (χ3v) is 3.44. The highest BCUT2D eigenvalue weighted by atomic mass is 79.9. The van der Waals surface area contributed by atoms with Gasteiger partial charge in [0.15, 0.2) is 0 Å². The van der Waals surface area contributed by atoms with E-state index in [9.17, 15) is 4.79 Å². The zero-order valence-electron chi connectivity index (χ0n) is 11.5. The van der Waals surface area contributed by atoms with Crippen LogP contribution in [0, 0.1) is 0 Å². The Hall–Kier alpha value is -2.54. The average Bonchev–Trinajstić information content (AvgIpc) is 2.95. The van der Waals surface area contributed by atoms with E-state index in [1.54, 1.807) is 23.2 Å². The molecule has 7 heteroatoms. The number of nitrogens with one attached hydrogen (secondary N) is 1. The first-order valence-corrected chi connectivity index (χ1v) is 7.35. The number of benzene rings is 1. The molecule has 1 aromatic carbocycles. The molecule has 1 N–H and O–H groups in total. The Bertz CT molecular complexity index is 787. The topological polar surface area (TPSA) is 72.7 Å². The van der Waals surface area contributed by atoms with Gasteiger partial charge >= 0.3 is 0 Å². The minimum absolute atomic E-state index is 0.281. The van der Waals surface area contributed by atoms with Gasteiger partial charge in [0, 0.05) is 16.9 Å². The van der Waals surface area contributed by atoms with Crippen LogP contribution in [0.25, 0.3) is 0 Å². The highest BCUT2D eigenvalue weighted by Gasteiger charge is 2.11. The van der Waals surface area contributed by atoms with Gasteiger partial charge in [0.25, 0.3) is 5.91 Å². The maximum Gasteiger partial charge on any atom is 0.259 e. The minimum Gasteiger partial charge on any atom is -0.295 e. The Morgan fingerprint density at radius 1 is 1.23 bits per heavy atom. The Labute approximate surface area is 135 Å². The number of amides is 1. The second-order valence-electron chi connectivity index (χ2n) is 4.61. The van der Waals surface area contributed by atoms with E-state index in [-0.39, 0.29) is 5.91 Å². The Kier molecular flexibility index (Phi) is 4.24. The highest BCUT2D eigenvalue weighted by molar-refractivity contribution is 9.10. The van der Waals surface area contributed by atoms with Gasteiger partial charge in [-0.15, -0.1) is 10.2 Å². The number of hydrogen-bond acceptors (Lipinski definition) is 4. The number of pyridine rings is 1. The molecule has 0 spiro atoms. The monoisotopic (exact) mass is 357 g/mol. The van der Waals surface area contributed by atoms with Crippen LogP contribution in [-0.2, 0) is 6.54 Å². The van der Waals surface area contributed by atoms with Crippen molar-refractivity contribution in [3.8, 4) is 0 Å². The number of anilines is 1. The lowest BCUT2D eigenvalue weighted by molar-refractivity contribution is 0.102. The molecule has 2 aromatic heterocycles. The highest BCUT2D eigenvalue weighted by Crippen LogP contribution is 2.12. The summed E-state index contributed by atoms with van der Waals surface area (Å²) in [5.74, 6) is 0.116. The lowest BCUT2D eigenvalue weighted by atomic mass is 10.2. The third-order valence-electron chi connectivity index (χ3n) is 3.00. The van der Waals surface area contributed by atoms with Gasteiger partial charge < -0.3 is 0 Å². The van der Waals surface area contributed by atoms with Gasteiger partial charge in [0.2, 0.25) is 5.95 Å². The fourth-order valence-electron chi connectivity index (χ4n) is 1.96. The summed E-state index contributed by atoms with van der Waals surface area (Å²) in [4.78, 5) is 16.2. The normalized spacial score (nSPS) is 10.4. The number of halogens is 1. The fourth-order valence-corrected chi connectivity index (χ4v) is 2.32. The number of rotatable bonds is 4. The van der Waals surface area contributed by atoms with Crippen LogP contribution in [0.1, 0.15) is 15.9 Å². The summed E-state index contributed by atoms with van der Waals surface area (Å²) in [7, 11) is 0. The van der Waals surface area contributed by atoms with Crippen LogP contribution >= 0.6 is 15.9 Å². The van der Waals surface area contributed by atoms with Crippen LogP contribution in [0.3, 0.4) is 0 Å². The first-order chi connectivity index (χ1) is 10.7. The standard InChI is InChI=1S/C15H12BrN5O/c16-13-6-12(7-17-8-13)14(22)19-15-20-18-10-21(15)9-11-4-2-1-3-5-11/h1-8,10H,9H2,(H,19,20,22). The van der Waals surface area contributed by atoms with Gasteiger partial charge in [-0.1, -0.05) is 30.3 Å². The predicted octanol–water partition coefficient (Wildman–Crippen LogP) is 2.74. The summed E-state index contributed by atoms with van der Waals surface area (Å²) in [6, 6.07) is 11.6. The smallest absolute Gasteiger partial charge is 0.259 e. The molecule has 1 amide bonds. The molecule has 0 aliphatic rings. The summed E-state index contributed by atoms with van der Waals surface area (Å²) < 4.78 is 2.52. The van der Waals surface area contributed by atoms with Gasteiger partial charge in [-0.25, -0.2) is 0 Å². The first-order valence-electron chi connectivity index (χ1n) is 6.56. The number of carbonyl (C=O) groups is 1. The summed E-state index contributed by atoms with van der Waals surface area (Å²) >= 11 is 3.29. The number of nitrogens with zero attached hydrogens (tertiary/aromatic N) is 4. The quantitative estimate of drug-likeness (QED) is 0.778. The molecule has 22 heavy (non-hydrogen) atoms. The van der Waals surface area contributed by atoms with Crippen molar-refractivity contribution in [3.63, 3.8) is 0 Å². The zero-order chi connectivity index (χ0) is 15.4. The number of carbonyl (C=O) groups excluding carboxylic acids is 1. The van der Waals surface area contributed by atoms with E-state index >= 15 is 0 Å². The number of hydrogen-bond donors (Lipinski definition) is 1. The van der Waals surface area contributed by atoms with Crippen molar-refractivity contribution in [2.24, 2.45) is 0 Å². The molecule has 0 bridgehead atoms. The van der Waals surface area contributed by atoms with Crippen LogP contribution in [0.2, 0.25) is 0 Å². The first kappa shape index (κ1) is 14.4. The Morgan fingerprint density at radius 2 is 2.05 bits per heavy atom. The fraction of sp³-hybridized carbons (Fsp3) is 0.0667. The Morgan fingerprint density at radius 3 is 2.82 bits per heavy atom. The third kappa shape index (κ3) is 3.37. The molecule has 2 heterocycles. The minimum atomic E-state index is -0.281. The van der Waals surface area contributed by atoms with Gasteiger partial charge in [-0.2, -0.15) is 0 Å². The molecule has 0 saturated carbocycles. The average molecular weight is 358 g/mol. The molecule has 0 radical (unpaired) electrons. The van der Waals surface area contributed by atoms with Crippen molar-refractivity contribution < 1.29 is 4.79 Å². The summed E-state index contributed by atoms with van der Waals surface area (Å²) in [6.07, 6.45) is 4.70. The molecule has 3 rings (SSSR count). The van der Waals surface area contributed by atoms with Gasteiger partial charge in [0.1, 0.15) is 6.33 Å². The van der Waals surface area contributed by atoms with E-state index < -0.39 is 0 Å². The Balaban J connectivity index is 1.76. The van der Waals surface area contributed by atoms with Crippen LogP contribution in [0.15, 0.2) is 59.6 Å². The molecular weight excluding hydrogens is 346 g/mol. The van der Waals surface area contributed by atoms with Crippen molar-refractivity contribution in [1.82, 2.24) is 19.7 Å². The SMILES string of the molecule is O=C(Nc1nncn1Cc1ccccc1)c1cncc(Br)c1. The zero-order valence-corrected chi connectivity index (χ0v) is 13.1. The van der Waals surface area contributed by atoms with E-state index in [0.29, 0.717) is 18.1 Å². The molecular formula is C15H12BrN5O. The van der Waals surface area contributed by atoms with E-state index in [1.807, 2.05) is 30.3 Å². The van der Waals surface area contributed by atoms with Gasteiger partial charge in [0.05, 0.1) is 12.1 Å². The van der Waals surface area contributed by atoms with Gasteiger partial charge in [-0.05, 0) is 27.6 Å². The van der Waals surface area contributed by atoms with Crippen molar-refractivity contribution in [3.05, 3.63) is 70.7 Å². The van der Waals surface area contributed by atoms with E-state index in [1.165, 1.54) is 6.20 Å². The van der Waals surface area contributed by atoms with Crippen LogP contribution < -0.4 is 5.32 Å². The van der Waals surface area contributed by atoms with Crippen molar-refractivity contribution in [2.45, 2.75) is 6.54 Å². The predicted molar refractivity (Wildman–Crippen MR) is 85.5 cm³/mol. The molecule has 110 valence electrons. The summed E-state index contributed by atoms with van der Waals surface area (Å²) in [5, 5.41) is 10.5. The molecule has 0 aliphatic carbocycles. The van der Waals surface area contributed by atoms with Gasteiger partial charge in [-0.3, -0.25) is 19.7 Å². The van der Waals surface area contributed by atoms with E-state index in [4.69, 9.17) is 0 Å². The molecule has 0 fully saturated rings. The van der Waals surface area contributed by atoms with Crippen LogP contribution in [0.5, 0.6) is 0 Å². The molecule has 0 saturated heterocycles.